The average Bonchev–Trinajstić information content (AvgIpc) is 3.01. The van der Waals surface area contributed by atoms with Crippen molar-refractivity contribution in [2.75, 3.05) is 11.9 Å². The van der Waals surface area contributed by atoms with Crippen molar-refractivity contribution in [3.05, 3.63) is 66.9 Å². The van der Waals surface area contributed by atoms with Gasteiger partial charge in [-0.1, -0.05) is 23.2 Å². The highest BCUT2D eigenvalue weighted by molar-refractivity contribution is 9.10. The highest BCUT2D eigenvalue weighted by atomic mass is 79.9. The second kappa shape index (κ2) is 8.51. The highest BCUT2D eigenvalue weighted by Crippen LogP contribution is 2.35. The van der Waals surface area contributed by atoms with Gasteiger partial charge in [-0.25, -0.2) is 9.67 Å². The molecule has 3 aromatic rings. The molecule has 0 unspecified atom stereocenters. The van der Waals surface area contributed by atoms with E-state index in [9.17, 15) is 9.59 Å². The minimum absolute atomic E-state index is 0.0814. The molecular weight excluding hydrogens is 558 g/mol. The Morgan fingerprint density at radius 1 is 1.18 bits per heavy atom. The Balaban J connectivity index is 2.13. The van der Waals surface area contributed by atoms with Crippen LogP contribution < -0.4 is 4.90 Å². The molecule has 0 bridgehead atoms. The molecule has 6 nitrogen and oxygen atoms in total. The first kappa shape index (κ1) is 21.3. The number of carbonyl (C=O) groups is 2. The number of anilines is 1. The number of aromatic nitrogens is 3. The van der Waals surface area contributed by atoms with Crippen LogP contribution in [0.4, 0.5) is 5.69 Å². The molecule has 0 spiro atoms. The molecule has 2 aromatic heterocycles. The van der Waals surface area contributed by atoms with Gasteiger partial charge in [-0.05, 0) is 67.7 Å². The fourth-order valence-corrected chi connectivity index (χ4v) is 4.33. The molecule has 3 rings (SSSR count). The molecule has 0 N–H and O–H groups in total. The number of nitrogens with zero attached hydrogens (tertiary/aromatic N) is 4. The van der Waals surface area contributed by atoms with Crippen LogP contribution in [-0.2, 0) is 0 Å². The first-order valence-corrected chi connectivity index (χ1v) is 10.3. The second-order valence-electron chi connectivity index (χ2n) is 5.49. The number of hydrogen-bond acceptors (Lipinski definition) is 4. The number of benzene rings is 1. The third-order valence-electron chi connectivity index (χ3n) is 3.72. The van der Waals surface area contributed by atoms with Crippen molar-refractivity contribution < 1.29 is 9.59 Å². The first-order valence-electron chi connectivity index (χ1n) is 7.54. The minimum Gasteiger partial charge on any atom is -0.308 e. The van der Waals surface area contributed by atoms with Gasteiger partial charge in [-0.3, -0.25) is 9.59 Å². The predicted molar refractivity (Wildman–Crippen MR) is 116 cm³/mol. The topological polar surface area (TPSA) is 68.1 Å². The van der Waals surface area contributed by atoms with Crippen LogP contribution in [-0.4, -0.2) is 33.0 Å². The lowest BCUT2D eigenvalue weighted by Crippen LogP contribution is -2.30. The van der Waals surface area contributed by atoms with E-state index >= 15 is 0 Å². The van der Waals surface area contributed by atoms with Gasteiger partial charge >= 0.3 is 0 Å². The maximum Gasteiger partial charge on any atom is 0.276 e. The zero-order chi connectivity index (χ0) is 20.6. The standard InChI is InChI=1S/C17H9Br2Cl3N4O2/c1-25(14-9(15(22)27)5-8(20)6-10(14)18)17(28)12-7-13(19)24-26(12)16-11(21)3-2-4-23-16/h2-7H,1H3. The molecule has 144 valence electrons. The number of carbonyl (C=O) groups excluding carboxylic acids is 2. The smallest absolute Gasteiger partial charge is 0.276 e. The van der Waals surface area contributed by atoms with E-state index in [0.29, 0.717) is 19.1 Å². The van der Waals surface area contributed by atoms with Crippen molar-refractivity contribution in [2.45, 2.75) is 0 Å². The van der Waals surface area contributed by atoms with Crippen LogP contribution in [0.3, 0.4) is 0 Å². The summed E-state index contributed by atoms with van der Waals surface area (Å²) < 4.78 is 2.16. The molecule has 11 heteroatoms. The number of rotatable bonds is 4. The molecule has 2 heterocycles. The number of amides is 1. The summed E-state index contributed by atoms with van der Waals surface area (Å²) in [6, 6.07) is 7.78. The van der Waals surface area contributed by atoms with E-state index in [1.54, 1.807) is 18.2 Å². The van der Waals surface area contributed by atoms with E-state index in [0.717, 1.165) is 0 Å². The van der Waals surface area contributed by atoms with Gasteiger partial charge in [0.05, 0.1) is 16.3 Å². The largest absolute Gasteiger partial charge is 0.308 e. The summed E-state index contributed by atoms with van der Waals surface area (Å²) in [4.78, 5) is 30.6. The van der Waals surface area contributed by atoms with E-state index in [4.69, 9.17) is 34.8 Å². The Kier molecular flexibility index (Phi) is 6.46. The van der Waals surface area contributed by atoms with Gasteiger partial charge in [0.1, 0.15) is 10.3 Å². The van der Waals surface area contributed by atoms with Gasteiger partial charge in [0, 0.05) is 28.8 Å². The molecule has 0 aliphatic heterocycles. The third-order valence-corrected chi connectivity index (χ3v) is 5.43. The highest BCUT2D eigenvalue weighted by Gasteiger charge is 2.26. The lowest BCUT2D eigenvalue weighted by Gasteiger charge is -2.21. The SMILES string of the molecule is CN(C(=O)c1cc(Br)nn1-c1ncccc1Cl)c1c(Br)cc(Cl)cc1C(=O)Cl. The quantitative estimate of drug-likeness (QED) is 0.377. The maximum atomic E-state index is 13.2. The van der Waals surface area contributed by atoms with Crippen molar-refractivity contribution in [3.63, 3.8) is 0 Å². The molecule has 0 aliphatic rings. The van der Waals surface area contributed by atoms with E-state index in [-0.39, 0.29) is 22.8 Å². The van der Waals surface area contributed by atoms with Gasteiger partial charge < -0.3 is 4.90 Å². The molecule has 0 radical (unpaired) electrons. The molecule has 0 saturated heterocycles. The number of hydrogen-bond donors (Lipinski definition) is 0. The van der Waals surface area contributed by atoms with Crippen molar-refractivity contribution in [1.29, 1.82) is 0 Å². The molecule has 0 atom stereocenters. The Morgan fingerprint density at radius 2 is 1.89 bits per heavy atom. The number of halogens is 5. The van der Waals surface area contributed by atoms with Gasteiger partial charge in [0.25, 0.3) is 11.1 Å². The van der Waals surface area contributed by atoms with Crippen LogP contribution in [0.1, 0.15) is 20.8 Å². The first-order chi connectivity index (χ1) is 13.2. The van der Waals surface area contributed by atoms with Gasteiger partial charge in [-0.15, -0.1) is 0 Å². The van der Waals surface area contributed by atoms with Crippen LogP contribution >= 0.6 is 66.7 Å². The minimum atomic E-state index is -0.750. The van der Waals surface area contributed by atoms with E-state index in [1.165, 1.54) is 35.0 Å². The molecule has 1 aromatic carbocycles. The van der Waals surface area contributed by atoms with Crippen LogP contribution in [0.25, 0.3) is 5.82 Å². The van der Waals surface area contributed by atoms with Gasteiger partial charge in [0.2, 0.25) is 0 Å². The molecule has 0 saturated carbocycles. The molecule has 0 aliphatic carbocycles. The lowest BCUT2D eigenvalue weighted by atomic mass is 10.1. The molecule has 28 heavy (non-hydrogen) atoms. The fraction of sp³-hybridized carbons (Fsp3) is 0.0588. The predicted octanol–water partition coefficient (Wildman–Crippen LogP) is 5.75. The van der Waals surface area contributed by atoms with Crippen LogP contribution in [0.5, 0.6) is 0 Å². The Morgan fingerprint density at radius 3 is 2.54 bits per heavy atom. The summed E-state index contributed by atoms with van der Waals surface area (Å²) in [5.74, 6) is -0.183. The monoisotopic (exact) mass is 564 g/mol. The van der Waals surface area contributed by atoms with Crippen molar-refractivity contribution in [1.82, 2.24) is 14.8 Å². The van der Waals surface area contributed by atoms with Crippen LogP contribution in [0.15, 0.2) is 45.6 Å². The average molecular weight is 567 g/mol. The summed E-state index contributed by atoms with van der Waals surface area (Å²) >= 11 is 24.5. The van der Waals surface area contributed by atoms with E-state index in [1.807, 2.05) is 0 Å². The van der Waals surface area contributed by atoms with E-state index < -0.39 is 11.1 Å². The van der Waals surface area contributed by atoms with E-state index in [2.05, 4.69) is 41.9 Å². The Labute approximate surface area is 191 Å². The van der Waals surface area contributed by atoms with Crippen LogP contribution in [0.2, 0.25) is 10.0 Å². The summed E-state index contributed by atoms with van der Waals surface area (Å²) in [5.41, 5.74) is 0.521. The number of pyridine rings is 1. The zero-order valence-electron chi connectivity index (χ0n) is 14.0. The Bertz CT molecular complexity index is 1100. The maximum absolute atomic E-state index is 13.2. The van der Waals surface area contributed by atoms with Crippen LogP contribution in [0, 0.1) is 0 Å². The molecule has 0 fully saturated rings. The second-order valence-corrected chi connectivity index (χ2v) is 8.35. The summed E-state index contributed by atoms with van der Waals surface area (Å²) in [7, 11) is 1.50. The third kappa shape index (κ3) is 4.11. The molecule has 1 amide bonds. The van der Waals surface area contributed by atoms with Crippen molar-refractivity contribution >= 4 is 83.5 Å². The lowest BCUT2D eigenvalue weighted by molar-refractivity contribution is 0.0985. The zero-order valence-corrected chi connectivity index (χ0v) is 19.4. The van der Waals surface area contributed by atoms with Gasteiger partial charge in [0.15, 0.2) is 5.82 Å². The summed E-state index contributed by atoms with van der Waals surface area (Å²) in [6.45, 7) is 0. The molecular formula is C17H9Br2Cl3N4O2. The fourth-order valence-electron chi connectivity index (χ4n) is 2.53. The Hall–Kier alpha value is -1.45. The van der Waals surface area contributed by atoms with Gasteiger partial charge in [-0.2, -0.15) is 5.10 Å². The van der Waals surface area contributed by atoms with Crippen molar-refractivity contribution in [3.8, 4) is 5.82 Å². The normalized spacial score (nSPS) is 10.8. The summed E-state index contributed by atoms with van der Waals surface area (Å²) in [6.07, 6.45) is 1.54. The van der Waals surface area contributed by atoms with Crippen molar-refractivity contribution in [2.24, 2.45) is 0 Å². The summed E-state index contributed by atoms with van der Waals surface area (Å²) in [5, 5.41) is 4.11.